The first-order chi connectivity index (χ1) is 15.8. The molecule has 6 aliphatic rings. The summed E-state index contributed by atoms with van der Waals surface area (Å²) in [6, 6.07) is 15.9. The van der Waals surface area contributed by atoms with Crippen LogP contribution in [0.4, 0.5) is 5.69 Å². The van der Waals surface area contributed by atoms with Gasteiger partial charge in [0.2, 0.25) is 17.3 Å². The predicted molar refractivity (Wildman–Crippen MR) is 125 cm³/mol. The topological polar surface area (TPSA) is 75.5 Å². The third-order valence-electron chi connectivity index (χ3n) is 8.85. The van der Waals surface area contributed by atoms with Gasteiger partial charge in [-0.15, -0.1) is 0 Å². The van der Waals surface area contributed by atoms with Crippen molar-refractivity contribution in [1.29, 1.82) is 0 Å². The number of fused-ring (bicyclic) bond motifs is 4. The molecule has 5 aliphatic heterocycles. The third kappa shape index (κ3) is 2.04. The summed E-state index contributed by atoms with van der Waals surface area (Å²) in [4.78, 5) is 28.9. The minimum atomic E-state index is -1.09. The van der Waals surface area contributed by atoms with Crippen LogP contribution in [0.3, 0.4) is 0 Å². The number of benzene rings is 2. The number of amides is 2. The van der Waals surface area contributed by atoms with Gasteiger partial charge in [-0.25, -0.2) is 0 Å². The van der Waals surface area contributed by atoms with Gasteiger partial charge in [0.05, 0.1) is 16.6 Å². The molecule has 2 spiro atoms. The van der Waals surface area contributed by atoms with Gasteiger partial charge < -0.3 is 15.4 Å². The van der Waals surface area contributed by atoms with E-state index in [1.165, 1.54) is 0 Å². The van der Waals surface area contributed by atoms with Gasteiger partial charge in [-0.2, -0.15) is 4.74 Å². The van der Waals surface area contributed by atoms with Gasteiger partial charge in [0, 0.05) is 18.5 Å². The Morgan fingerprint density at radius 2 is 1.88 bits per heavy atom. The number of hydrogen-bond acceptors (Lipinski definition) is 3. The minimum absolute atomic E-state index is 0.0118. The van der Waals surface area contributed by atoms with E-state index >= 15 is 0 Å². The van der Waals surface area contributed by atoms with Crippen LogP contribution in [0.15, 0.2) is 54.6 Å². The fraction of sp³-hybridized carbons (Fsp3) is 0.370. The Labute approximate surface area is 192 Å². The van der Waals surface area contributed by atoms with E-state index in [0.29, 0.717) is 30.8 Å². The Balaban J connectivity index is 1.46. The lowest BCUT2D eigenvalue weighted by molar-refractivity contribution is -0.362. The Hall–Kier alpha value is -3.41. The summed E-state index contributed by atoms with van der Waals surface area (Å²) in [5, 5.41) is 16.9. The second-order valence-corrected chi connectivity index (χ2v) is 10.7. The first kappa shape index (κ1) is 19.1. The largest absolute Gasteiger partial charge is 0.618 e. The van der Waals surface area contributed by atoms with Gasteiger partial charge in [0.1, 0.15) is 11.1 Å². The predicted octanol–water partition coefficient (Wildman–Crippen LogP) is 3.62. The first-order valence-corrected chi connectivity index (χ1v) is 11.7. The molecule has 1 aliphatic carbocycles. The molecule has 4 fully saturated rings. The van der Waals surface area contributed by atoms with Crippen LogP contribution in [-0.4, -0.2) is 44.8 Å². The number of piperidine rings is 2. The molecule has 6 nitrogen and oxygen atoms in total. The molecule has 2 bridgehead atoms. The summed E-state index contributed by atoms with van der Waals surface area (Å²) < 4.78 is 1.07. The van der Waals surface area contributed by atoms with Crippen molar-refractivity contribution in [2.24, 2.45) is 11.3 Å². The summed E-state index contributed by atoms with van der Waals surface area (Å²) in [5.41, 5.74) is 2.51. The molecule has 4 saturated heterocycles. The smallest absolute Gasteiger partial charge is 0.253 e. The third-order valence-corrected chi connectivity index (χ3v) is 8.85. The zero-order chi connectivity index (χ0) is 22.8. The molecule has 1 N–H and O–H groups in total. The molecule has 6 heteroatoms. The van der Waals surface area contributed by atoms with E-state index in [4.69, 9.17) is 0 Å². The maximum Gasteiger partial charge on any atom is 0.253 e. The lowest BCUT2D eigenvalue weighted by atomic mass is 9.51. The number of nitrogens with one attached hydrogen (secondary N) is 1. The summed E-state index contributed by atoms with van der Waals surface area (Å²) in [6.45, 7) is 4.75. The Bertz CT molecular complexity index is 1340. The molecule has 2 amide bonds. The molecule has 166 valence electrons. The molecule has 2 aromatic carbocycles. The number of piperazine rings is 1. The van der Waals surface area contributed by atoms with Crippen LogP contribution in [0.1, 0.15) is 38.7 Å². The number of hydrogen-bond donors (Lipinski definition) is 1. The molecular weight excluding hydrogens is 414 g/mol. The average molecular weight is 440 g/mol. The van der Waals surface area contributed by atoms with Crippen molar-refractivity contribution in [3.05, 3.63) is 65.4 Å². The number of rotatable bonds is 1. The highest BCUT2D eigenvalue weighted by atomic mass is 16.5. The SMILES string of the molecule is CC1(C)C2=[N+]([O-])c3cc(-c4ccccc4)ccc3C2=C[C@@]23NC(=O)[C@]4(CCCN4C2=O)CC13. The van der Waals surface area contributed by atoms with Crippen molar-refractivity contribution in [3.8, 4) is 11.1 Å². The fourth-order valence-corrected chi connectivity index (χ4v) is 7.30. The Kier molecular flexibility index (Phi) is 3.32. The molecule has 2 aromatic rings. The molecule has 3 atom stereocenters. The van der Waals surface area contributed by atoms with E-state index in [2.05, 4.69) is 19.2 Å². The van der Waals surface area contributed by atoms with E-state index in [1.54, 1.807) is 0 Å². The summed E-state index contributed by atoms with van der Waals surface area (Å²) in [6.07, 6.45) is 4.04. The van der Waals surface area contributed by atoms with E-state index in [1.807, 2.05) is 59.5 Å². The lowest BCUT2D eigenvalue weighted by Gasteiger charge is -2.62. The quantitative estimate of drug-likeness (QED) is 0.545. The van der Waals surface area contributed by atoms with Gasteiger partial charge in [-0.1, -0.05) is 36.4 Å². The van der Waals surface area contributed by atoms with Gasteiger partial charge in [0.25, 0.3) is 5.91 Å². The number of carbonyl (C=O) groups excluding carboxylic acids is 2. The zero-order valence-corrected chi connectivity index (χ0v) is 18.7. The van der Waals surface area contributed by atoms with Gasteiger partial charge in [-0.05, 0) is 56.4 Å². The lowest BCUT2D eigenvalue weighted by Crippen LogP contribution is -2.83. The summed E-state index contributed by atoms with van der Waals surface area (Å²) >= 11 is 0. The molecule has 8 rings (SSSR count). The molecular formula is C27H25N3O3. The maximum absolute atomic E-state index is 13.8. The van der Waals surface area contributed by atoms with E-state index in [0.717, 1.165) is 33.4 Å². The van der Waals surface area contributed by atoms with Crippen LogP contribution in [0, 0.1) is 16.5 Å². The molecule has 1 unspecified atom stereocenters. The zero-order valence-electron chi connectivity index (χ0n) is 18.7. The Morgan fingerprint density at radius 3 is 2.67 bits per heavy atom. The molecule has 0 radical (unpaired) electrons. The van der Waals surface area contributed by atoms with Crippen molar-refractivity contribution in [2.45, 2.75) is 44.2 Å². The van der Waals surface area contributed by atoms with Crippen LogP contribution < -0.4 is 5.32 Å². The maximum atomic E-state index is 13.8. The molecule has 0 aromatic heterocycles. The van der Waals surface area contributed by atoms with Crippen LogP contribution in [-0.2, 0) is 9.59 Å². The number of allylic oxidation sites excluding steroid dienone is 1. The molecule has 0 saturated carbocycles. The average Bonchev–Trinajstić information content (AvgIpc) is 3.36. The van der Waals surface area contributed by atoms with Crippen molar-refractivity contribution < 1.29 is 14.3 Å². The van der Waals surface area contributed by atoms with Crippen molar-refractivity contribution in [1.82, 2.24) is 10.2 Å². The van der Waals surface area contributed by atoms with Gasteiger partial charge >= 0.3 is 0 Å². The van der Waals surface area contributed by atoms with Crippen molar-refractivity contribution in [3.63, 3.8) is 0 Å². The van der Waals surface area contributed by atoms with Crippen LogP contribution >= 0.6 is 0 Å². The van der Waals surface area contributed by atoms with E-state index in [-0.39, 0.29) is 17.7 Å². The minimum Gasteiger partial charge on any atom is -0.618 e. The fourth-order valence-electron chi connectivity index (χ4n) is 7.30. The highest BCUT2D eigenvalue weighted by molar-refractivity contribution is 6.30. The molecule has 33 heavy (non-hydrogen) atoms. The molecule has 5 heterocycles. The normalized spacial score (nSPS) is 32.7. The summed E-state index contributed by atoms with van der Waals surface area (Å²) in [7, 11) is 0. The van der Waals surface area contributed by atoms with Crippen LogP contribution in [0.25, 0.3) is 16.7 Å². The highest BCUT2D eigenvalue weighted by Gasteiger charge is 2.73. The van der Waals surface area contributed by atoms with E-state index in [9.17, 15) is 14.8 Å². The second kappa shape index (κ2) is 5.74. The van der Waals surface area contributed by atoms with Crippen molar-refractivity contribution >= 4 is 28.8 Å². The van der Waals surface area contributed by atoms with Crippen LogP contribution in [0.5, 0.6) is 0 Å². The Morgan fingerprint density at radius 1 is 1.09 bits per heavy atom. The van der Waals surface area contributed by atoms with Gasteiger partial charge in [-0.3, -0.25) is 9.59 Å². The number of carbonyl (C=O) groups is 2. The summed E-state index contributed by atoms with van der Waals surface area (Å²) in [5.74, 6) is -0.214. The van der Waals surface area contributed by atoms with E-state index < -0.39 is 16.5 Å². The monoisotopic (exact) mass is 439 g/mol. The first-order valence-electron chi connectivity index (χ1n) is 11.7. The van der Waals surface area contributed by atoms with Gasteiger partial charge in [0.15, 0.2) is 0 Å². The van der Waals surface area contributed by atoms with Crippen molar-refractivity contribution in [2.75, 3.05) is 6.54 Å². The number of nitrogens with zero attached hydrogens (tertiary/aromatic N) is 2. The highest BCUT2D eigenvalue weighted by Crippen LogP contribution is 2.60. The second-order valence-electron chi connectivity index (χ2n) is 10.7. The standard InChI is InChI=1S/C27H25N3O3/c1-25(2)21-15-26-11-6-12-29(26)24(32)27(21,28-23(26)31)14-19-18-10-9-17(16-7-4-3-5-8-16)13-20(18)30(33)22(19)25/h3-5,7-10,13-14,21H,6,11-12,15H2,1-2H3,(H,28,31)/t21?,26-,27-/m0/s1. The van der Waals surface area contributed by atoms with Crippen LogP contribution in [0.2, 0.25) is 0 Å².